The summed E-state index contributed by atoms with van der Waals surface area (Å²) in [5, 5.41) is 10.1. The molecule has 0 radical (unpaired) electrons. The highest BCUT2D eigenvalue weighted by atomic mass is 16.4. The highest BCUT2D eigenvalue weighted by Gasteiger charge is 2.30. The molecule has 7 heteroatoms. The molecule has 0 saturated carbocycles. The van der Waals surface area contributed by atoms with Gasteiger partial charge < -0.3 is 19.3 Å². The van der Waals surface area contributed by atoms with Crippen LogP contribution in [0.4, 0.5) is 0 Å². The second-order valence-electron chi connectivity index (χ2n) is 7.64. The van der Waals surface area contributed by atoms with Gasteiger partial charge in [0.15, 0.2) is 5.76 Å². The normalized spacial score (nSPS) is 17.0. The molecule has 3 rings (SSSR count). The monoisotopic (exact) mass is 386 g/mol. The molecule has 2 amide bonds. The standard InChI is InChI=1S/C21H26N2O5/c1-12-7-8-13(2)18-17(12)14(3)19(28-18)20(25)22(4)11-16(24)23-9-5-6-15(10-23)21(26)27/h7-8,15H,5-6,9-11H2,1-4H3,(H,26,27). The van der Waals surface area contributed by atoms with Crippen molar-refractivity contribution < 1.29 is 23.9 Å². The summed E-state index contributed by atoms with van der Waals surface area (Å²) in [4.78, 5) is 39.6. The number of piperidine rings is 1. The molecule has 1 aliphatic rings. The van der Waals surface area contributed by atoms with E-state index in [4.69, 9.17) is 4.42 Å². The minimum absolute atomic E-state index is 0.111. The molecule has 1 N–H and O–H groups in total. The van der Waals surface area contributed by atoms with Crippen LogP contribution in [0.2, 0.25) is 0 Å². The highest BCUT2D eigenvalue weighted by Crippen LogP contribution is 2.31. The predicted molar refractivity (Wildman–Crippen MR) is 104 cm³/mol. The van der Waals surface area contributed by atoms with E-state index in [1.165, 1.54) is 9.80 Å². The van der Waals surface area contributed by atoms with Crippen molar-refractivity contribution in [3.05, 3.63) is 34.6 Å². The zero-order valence-electron chi connectivity index (χ0n) is 16.7. The van der Waals surface area contributed by atoms with E-state index < -0.39 is 11.9 Å². The minimum atomic E-state index is -0.884. The van der Waals surface area contributed by atoms with Gasteiger partial charge in [-0.05, 0) is 44.7 Å². The summed E-state index contributed by atoms with van der Waals surface area (Å²) < 4.78 is 5.88. The average Bonchev–Trinajstić information content (AvgIpc) is 3.02. The van der Waals surface area contributed by atoms with E-state index >= 15 is 0 Å². The fraction of sp³-hybridized carbons (Fsp3) is 0.476. The number of aryl methyl sites for hydroxylation is 3. The van der Waals surface area contributed by atoms with Gasteiger partial charge >= 0.3 is 5.97 Å². The number of aliphatic carboxylic acids is 1. The predicted octanol–water partition coefficient (Wildman–Crippen LogP) is 2.75. The molecule has 0 aliphatic carbocycles. The number of furan rings is 1. The van der Waals surface area contributed by atoms with Gasteiger partial charge in [0, 0.05) is 31.1 Å². The van der Waals surface area contributed by atoms with Gasteiger partial charge in [-0.2, -0.15) is 0 Å². The third-order valence-electron chi connectivity index (χ3n) is 5.52. The maximum absolute atomic E-state index is 12.9. The Kier molecular flexibility index (Phi) is 5.45. The van der Waals surface area contributed by atoms with Gasteiger partial charge in [-0.1, -0.05) is 12.1 Å². The third kappa shape index (κ3) is 3.61. The van der Waals surface area contributed by atoms with Gasteiger partial charge in [0.25, 0.3) is 5.91 Å². The molecule has 1 atom stereocenters. The molecular formula is C21H26N2O5. The van der Waals surface area contributed by atoms with Crippen LogP contribution >= 0.6 is 0 Å². The summed E-state index contributed by atoms with van der Waals surface area (Å²) in [6, 6.07) is 3.95. The Bertz CT molecular complexity index is 946. The summed E-state index contributed by atoms with van der Waals surface area (Å²) in [6.45, 7) is 6.36. The van der Waals surface area contributed by atoms with E-state index in [0.717, 1.165) is 22.1 Å². The Balaban J connectivity index is 1.76. The lowest BCUT2D eigenvalue weighted by atomic mass is 9.98. The lowest BCUT2D eigenvalue weighted by Crippen LogP contribution is -2.46. The average molecular weight is 386 g/mol. The zero-order valence-corrected chi connectivity index (χ0v) is 16.7. The van der Waals surface area contributed by atoms with Gasteiger partial charge in [0.1, 0.15) is 5.58 Å². The van der Waals surface area contributed by atoms with Crippen molar-refractivity contribution in [3.63, 3.8) is 0 Å². The van der Waals surface area contributed by atoms with E-state index in [1.54, 1.807) is 7.05 Å². The lowest BCUT2D eigenvalue weighted by molar-refractivity contribution is -0.145. The van der Waals surface area contributed by atoms with Crippen molar-refractivity contribution in [2.75, 3.05) is 26.7 Å². The summed E-state index contributed by atoms with van der Waals surface area (Å²) in [5.74, 6) is -1.78. The van der Waals surface area contributed by atoms with Crippen LogP contribution in [0.5, 0.6) is 0 Å². The number of rotatable bonds is 4. The van der Waals surface area contributed by atoms with Crippen LogP contribution in [0.25, 0.3) is 11.0 Å². The zero-order chi connectivity index (χ0) is 20.6. The number of benzene rings is 1. The number of hydrogen-bond donors (Lipinski definition) is 1. The van der Waals surface area contributed by atoms with Crippen LogP contribution in [0, 0.1) is 26.7 Å². The Labute approximate surface area is 163 Å². The first kappa shape index (κ1) is 19.9. The minimum Gasteiger partial charge on any atom is -0.481 e. The largest absolute Gasteiger partial charge is 0.481 e. The van der Waals surface area contributed by atoms with Crippen molar-refractivity contribution in [3.8, 4) is 0 Å². The molecule has 0 bridgehead atoms. The quantitative estimate of drug-likeness (QED) is 0.872. The summed E-state index contributed by atoms with van der Waals surface area (Å²) in [5.41, 5.74) is 3.45. The lowest BCUT2D eigenvalue weighted by Gasteiger charge is -2.31. The maximum Gasteiger partial charge on any atom is 0.308 e. The smallest absolute Gasteiger partial charge is 0.308 e. The molecule has 1 aliphatic heterocycles. The third-order valence-corrected chi connectivity index (χ3v) is 5.52. The van der Waals surface area contributed by atoms with Crippen LogP contribution in [0.3, 0.4) is 0 Å². The molecule has 2 heterocycles. The van der Waals surface area contributed by atoms with Gasteiger partial charge in [-0.25, -0.2) is 0 Å². The van der Waals surface area contributed by atoms with E-state index in [2.05, 4.69) is 0 Å². The second kappa shape index (κ2) is 7.66. The van der Waals surface area contributed by atoms with Crippen LogP contribution in [0.15, 0.2) is 16.5 Å². The molecule has 1 saturated heterocycles. The van der Waals surface area contributed by atoms with Gasteiger partial charge in [-0.3, -0.25) is 14.4 Å². The van der Waals surface area contributed by atoms with Crippen LogP contribution < -0.4 is 0 Å². The van der Waals surface area contributed by atoms with E-state index in [-0.39, 0.29) is 30.7 Å². The van der Waals surface area contributed by atoms with Gasteiger partial charge in [0.05, 0.1) is 12.5 Å². The fourth-order valence-electron chi connectivity index (χ4n) is 3.83. The van der Waals surface area contributed by atoms with Crippen molar-refractivity contribution >= 4 is 28.8 Å². The van der Waals surface area contributed by atoms with Crippen molar-refractivity contribution in [1.82, 2.24) is 9.80 Å². The topological polar surface area (TPSA) is 91.1 Å². The summed E-state index contributed by atoms with van der Waals surface area (Å²) in [6.07, 6.45) is 1.23. The molecule has 28 heavy (non-hydrogen) atoms. The molecule has 1 aromatic heterocycles. The second-order valence-corrected chi connectivity index (χ2v) is 7.64. The van der Waals surface area contributed by atoms with Gasteiger partial charge in [0.2, 0.25) is 5.91 Å². The van der Waals surface area contributed by atoms with Crippen molar-refractivity contribution in [2.24, 2.45) is 5.92 Å². The molecule has 1 aromatic carbocycles. The number of carboxylic acids is 1. The molecule has 150 valence electrons. The van der Waals surface area contributed by atoms with E-state index in [9.17, 15) is 19.5 Å². The number of likely N-dealkylation sites (tertiary alicyclic amines) is 1. The number of amides is 2. The number of carboxylic acid groups (broad SMARTS) is 1. The van der Waals surface area contributed by atoms with E-state index in [0.29, 0.717) is 25.0 Å². The molecule has 7 nitrogen and oxygen atoms in total. The number of hydrogen-bond acceptors (Lipinski definition) is 4. The number of likely N-dealkylation sites (N-methyl/N-ethyl adjacent to an activating group) is 1. The SMILES string of the molecule is Cc1ccc(C)c2c(C)c(C(=O)N(C)CC(=O)N3CCCC(C(=O)O)C3)oc12. The Morgan fingerprint density at radius 3 is 2.54 bits per heavy atom. The van der Waals surface area contributed by atoms with Crippen molar-refractivity contribution in [2.45, 2.75) is 33.6 Å². The number of nitrogens with zero attached hydrogens (tertiary/aromatic N) is 2. The first-order valence-electron chi connectivity index (χ1n) is 9.46. The first-order valence-corrected chi connectivity index (χ1v) is 9.46. The van der Waals surface area contributed by atoms with Crippen LogP contribution in [0.1, 0.15) is 40.1 Å². The Hall–Kier alpha value is -2.83. The number of carbonyl (C=O) groups is 3. The fourth-order valence-corrected chi connectivity index (χ4v) is 3.83. The molecular weight excluding hydrogens is 360 g/mol. The number of fused-ring (bicyclic) bond motifs is 1. The molecule has 1 unspecified atom stereocenters. The molecule has 1 fully saturated rings. The van der Waals surface area contributed by atoms with Crippen LogP contribution in [-0.4, -0.2) is 59.4 Å². The first-order chi connectivity index (χ1) is 13.2. The van der Waals surface area contributed by atoms with Crippen LogP contribution in [-0.2, 0) is 9.59 Å². The molecule has 2 aromatic rings. The van der Waals surface area contributed by atoms with Gasteiger partial charge in [-0.15, -0.1) is 0 Å². The summed E-state index contributed by atoms with van der Waals surface area (Å²) >= 11 is 0. The summed E-state index contributed by atoms with van der Waals surface area (Å²) in [7, 11) is 1.56. The molecule has 0 spiro atoms. The number of carbonyl (C=O) groups excluding carboxylic acids is 2. The van der Waals surface area contributed by atoms with E-state index in [1.807, 2.05) is 32.9 Å². The maximum atomic E-state index is 12.9. The Morgan fingerprint density at radius 2 is 1.89 bits per heavy atom. The Morgan fingerprint density at radius 1 is 1.21 bits per heavy atom. The highest BCUT2D eigenvalue weighted by molar-refractivity contribution is 6.01. The van der Waals surface area contributed by atoms with Crippen molar-refractivity contribution in [1.29, 1.82) is 0 Å².